The third-order valence-corrected chi connectivity index (χ3v) is 4.67. The molecule has 1 heterocycles. The molecule has 2 unspecified atom stereocenters. The van der Waals surface area contributed by atoms with Crippen LogP contribution in [0.3, 0.4) is 0 Å². The fourth-order valence-electron chi connectivity index (χ4n) is 1.79. The molecule has 0 aromatic heterocycles. The number of β-amino-alcohol motifs (C(OH)–C–C–N with tert-alkyl or cyclic N) is 2. The van der Waals surface area contributed by atoms with Crippen molar-refractivity contribution in [2.75, 3.05) is 18.8 Å². The van der Waals surface area contributed by atoms with E-state index in [1.54, 1.807) is 12.1 Å². The molecule has 1 saturated heterocycles. The quantitative estimate of drug-likeness (QED) is 0.590. The first-order valence-corrected chi connectivity index (χ1v) is 6.57. The van der Waals surface area contributed by atoms with Gasteiger partial charge in [0.25, 0.3) is 0 Å². The Labute approximate surface area is 99.3 Å². The maximum Gasteiger partial charge on any atom is 0.245 e. The summed E-state index contributed by atoms with van der Waals surface area (Å²) >= 11 is 0. The summed E-state index contributed by atoms with van der Waals surface area (Å²) < 4.78 is 25.4. The summed E-state index contributed by atoms with van der Waals surface area (Å²) in [5, 5.41) is 18.7. The lowest BCUT2D eigenvalue weighted by atomic mass is 10.3. The second kappa shape index (κ2) is 4.26. The molecule has 2 atom stereocenters. The summed E-state index contributed by atoms with van der Waals surface area (Å²) in [4.78, 5) is 0.00120. The first-order chi connectivity index (χ1) is 7.93. The van der Waals surface area contributed by atoms with E-state index in [0.717, 1.165) is 4.31 Å². The van der Waals surface area contributed by atoms with E-state index in [1.807, 2.05) is 0 Å². The minimum atomic E-state index is -3.75. The maximum absolute atomic E-state index is 12.2. The van der Waals surface area contributed by atoms with Crippen LogP contribution in [0.15, 0.2) is 29.2 Å². The molecule has 1 aromatic rings. The number of aliphatic hydroxyl groups is 2. The minimum absolute atomic E-state index is 0.00120. The predicted molar refractivity (Wildman–Crippen MR) is 61.6 cm³/mol. The largest absolute Gasteiger partial charge is 0.398 e. The number of hydrogen-bond donors (Lipinski definition) is 3. The monoisotopic (exact) mass is 258 g/mol. The Kier molecular flexibility index (Phi) is 3.09. The first-order valence-electron chi connectivity index (χ1n) is 5.13. The van der Waals surface area contributed by atoms with Crippen molar-refractivity contribution in [2.24, 2.45) is 0 Å². The van der Waals surface area contributed by atoms with Gasteiger partial charge in [0.1, 0.15) is 4.90 Å². The lowest BCUT2D eigenvalue weighted by Gasteiger charge is -2.16. The van der Waals surface area contributed by atoms with E-state index in [4.69, 9.17) is 5.73 Å². The van der Waals surface area contributed by atoms with Crippen LogP contribution in [-0.2, 0) is 10.0 Å². The summed E-state index contributed by atoms with van der Waals surface area (Å²) in [7, 11) is -3.75. The third kappa shape index (κ3) is 2.14. The van der Waals surface area contributed by atoms with Crippen molar-refractivity contribution in [1.82, 2.24) is 4.31 Å². The van der Waals surface area contributed by atoms with Crippen molar-refractivity contribution in [3.8, 4) is 0 Å². The average molecular weight is 258 g/mol. The molecule has 94 valence electrons. The fraction of sp³-hybridized carbons (Fsp3) is 0.400. The Hall–Kier alpha value is -1.15. The van der Waals surface area contributed by atoms with E-state index < -0.39 is 22.2 Å². The van der Waals surface area contributed by atoms with Crippen molar-refractivity contribution in [3.63, 3.8) is 0 Å². The van der Waals surface area contributed by atoms with Gasteiger partial charge in [-0.05, 0) is 12.1 Å². The molecule has 0 saturated carbocycles. The number of nitrogens with two attached hydrogens (primary N) is 1. The van der Waals surface area contributed by atoms with Crippen molar-refractivity contribution in [3.05, 3.63) is 24.3 Å². The number of aliphatic hydroxyl groups excluding tert-OH is 2. The number of nitrogen functional groups attached to an aromatic ring is 1. The number of para-hydroxylation sites is 1. The summed E-state index contributed by atoms with van der Waals surface area (Å²) in [6.45, 7) is -0.227. The highest BCUT2D eigenvalue weighted by atomic mass is 32.2. The summed E-state index contributed by atoms with van der Waals surface area (Å²) in [6.07, 6.45) is -2.09. The highest BCUT2D eigenvalue weighted by Gasteiger charge is 2.38. The first kappa shape index (κ1) is 12.3. The molecule has 0 spiro atoms. The van der Waals surface area contributed by atoms with Gasteiger partial charge in [-0.3, -0.25) is 0 Å². The zero-order chi connectivity index (χ0) is 12.6. The fourth-order valence-corrected chi connectivity index (χ4v) is 3.38. The maximum atomic E-state index is 12.2. The molecule has 0 bridgehead atoms. The number of anilines is 1. The number of rotatable bonds is 2. The molecule has 1 fully saturated rings. The van der Waals surface area contributed by atoms with Crippen LogP contribution in [0.25, 0.3) is 0 Å². The van der Waals surface area contributed by atoms with E-state index in [0.29, 0.717) is 0 Å². The molecule has 2 rings (SSSR count). The molecular weight excluding hydrogens is 244 g/mol. The normalized spacial score (nSPS) is 26.2. The highest BCUT2D eigenvalue weighted by Crippen LogP contribution is 2.25. The Balaban J connectivity index is 2.36. The number of sulfonamides is 1. The zero-order valence-corrected chi connectivity index (χ0v) is 9.84. The van der Waals surface area contributed by atoms with Gasteiger partial charge in [0, 0.05) is 13.1 Å². The predicted octanol–water partition coefficient (Wildman–Crippen LogP) is -1.01. The van der Waals surface area contributed by atoms with E-state index in [-0.39, 0.29) is 23.7 Å². The number of hydrogen-bond acceptors (Lipinski definition) is 5. The van der Waals surface area contributed by atoms with Crippen molar-refractivity contribution < 1.29 is 18.6 Å². The zero-order valence-electron chi connectivity index (χ0n) is 9.02. The molecule has 17 heavy (non-hydrogen) atoms. The van der Waals surface area contributed by atoms with Gasteiger partial charge in [-0.1, -0.05) is 12.1 Å². The Morgan fingerprint density at radius 3 is 2.24 bits per heavy atom. The lowest BCUT2D eigenvalue weighted by Crippen LogP contribution is -2.30. The van der Waals surface area contributed by atoms with Crippen LogP contribution < -0.4 is 5.73 Å². The molecule has 1 aliphatic heterocycles. The Morgan fingerprint density at radius 1 is 1.18 bits per heavy atom. The summed E-state index contributed by atoms with van der Waals surface area (Å²) in [5.41, 5.74) is 5.77. The smallest absolute Gasteiger partial charge is 0.245 e. The number of nitrogens with zero attached hydrogens (tertiary/aromatic N) is 1. The summed E-state index contributed by atoms with van der Waals surface area (Å²) in [5.74, 6) is 0. The highest BCUT2D eigenvalue weighted by molar-refractivity contribution is 7.89. The molecule has 0 amide bonds. The van der Waals surface area contributed by atoms with Crippen molar-refractivity contribution in [1.29, 1.82) is 0 Å². The van der Waals surface area contributed by atoms with E-state index in [1.165, 1.54) is 12.1 Å². The van der Waals surface area contributed by atoms with Crippen LogP contribution in [0.1, 0.15) is 0 Å². The lowest BCUT2D eigenvalue weighted by molar-refractivity contribution is 0.0572. The van der Waals surface area contributed by atoms with Gasteiger partial charge in [0.15, 0.2) is 0 Å². The van der Waals surface area contributed by atoms with Crippen LogP contribution in [0.5, 0.6) is 0 Å². The van der Waals surface area contributed by atoms with Gasteiger partial charge < -0.3 is 15.9 Å². The van der Waals surface area contributed by atoms with Crippen molar-refractivity contribution >= 4 is 15.7 Å². The second-order valence-electron chi connectivity index (χ2n) is 3.99. The topological polar surface area (TPSA) is 104 Å². The van der Waals surface area contributed by atoms with Gasteiger partial charge in [0.2, 0.25) is 10.0 Å². The van der Waals surface area contributed by atoms with Crippen LogP contribution in [0, 0.1) is 0 Å². The number of benzene rings is 1. The van der Waals surface area contributed by atoms with Crippen molar-refractivity contribution in [2.45, 2.75) is 17.1 Å². The van der Waals surface area contributed by atoms with E-state index in [2.05, 4.69) is 0 Å². The molecule has 6 nitrogen and oxygen atoms in total. The minimum Gasteiger partial charge on any atom is -0.398 e. The Bertz CT molecular complexity index is 507. The summed E-state index contributed by atoms with van der Waals surface area (Å²) in [6, 6.07) is 6.12. The van der Waals surface area contributed by atoms with Crippen LogP contribution >= 0.6 is 0 Å². The standard InChI is InChI=1S/C10H14N2O4S/c11-7-3-1-2-4-10(7)17(15,16)12-5-8(13)9(14)6-12/h1-4,8-9,13-14H,5-6,11H2. The molecule has 0 aliphatic carbocycles. The Morgan fingerprint density at radius 2 is 1.71 bits per heavy atom. The van der Waals surface area contributed by atoms with E-state index in [9.17, 15) is 18.6 Å². The van der Waals surface area contributed by atoms with Crippen LogP contribution in [0.4, 0.5) is 5.69 Å². The average Bonchev–Trinajstić information content (AvgIpc) is 2.60. The molecule has 0 radical (unpaired) electrons. The molecule has 1 aromatic carbocycles. The SMILES string of the molecule is Nc1ccccc1S(=O)(=O)N1CC(O)C(O)C1. The van der Waals surface area contributed by atoms with Gasteiger partial charge in [0.05, 0.1) is 17.9 Å². The van der Waals surface area contributed by atoms with Gasteiger partial charge in [-0.25, -0.2) is 8.42 Å². The van der Waals surface area contributed by atoms with Gasteiger partial charge in [-0.15, -0.1) is 0 Å². The van der Waals surface area contributed by atoms with E-state index >= 15 is 0 Å². The molecule has 7 heteroatoms. The van der Waals surface area contributed by atoms with Crippen LogP contribution in [-0.4, -0.2) is 48.2 Å². The van der Waals surface area contributed by atoms with Gasteiger partial charge >= 0.3 is 0 Å². The molecule has 4 N–H and O–H groups in total. The van der Waals surface area contributed by atoms with Gasteiger partial charge in [-0.2, -0.15) is 4.31 Å². The second-order valence-corrected chi connectivity index (χ2v) is 5.90. The van der Waals surface area contributed by atoms with Crippen LogP contribution in [0.2, 0.25) is 0 Å². The molecule has 1 aliphatic rings. The molecular formula is C10H14N2O4S. The third-order valence-electron chi connectivity index (χ3n) is 2.76.